The lowest BCUT2D eigenvalue weighted by atomic mass is 10.1. The number of nitrogens with one attached hydrogen (secondary N) is 1. The van der Waals surface area contributed by atoms with Crippen LogP contribution in [0.2, 0.25) is 0 Å². The van der Waals surface area contributed by atoms with Crippen molar-refractivity contribution in [3.8, 4) is 11.5 Å². The third-order valence-corrected chi connectivity index (χ3v) is 4.56. The topological polar surface area (TPSA) is 111 Å². The molecule has 1 aromatic carbocycles. The van der Waals surface area contributed by atoms with E-state index in [2.05, 4.69) is 5.32 Å². The maximum absolute atomic E-state index is 12.5. The molecule has 0 aliphatic heterocycles. The molecule has 0 bridgehead atoms. The van der Waals surface area contributed by atoms with E-state index in [4.69, 9.17) is 14.2 Å². The molecule has 0 aromatic heterocycles. The van der Waals surface area contributed by atoms with Crippen molar-refractivity contribution < 1.29 is 33.7 Å². The van der Waals surface area contributed by atoms with E-state index in [1.165, 1.54) is 33.5 Å². The van der Waals surface area contributed by atoms with Crippen LogP contribution in [-0.2, 0) is 14.3 Å². The number of carbonyl (C=O) groups excluding carboxylic acids is 2. The highest BCUT2D eigenvalue weighted by Gasteiger charge is 2.65. The Balaban J connectivity index is 2.36. The highest BCUT2D eigenvalue weighted by Crippen LogP contribution is 2.58. The molecule has 1 fully saturated rings. The molecular weight excluding hydrogens is 330 g/mol. The molecule has 0 spiro atoms. The van der Waals surface area contributed by atoms with E-state index in [-0.39, 0.29) is 11.3 Å². The average molecular weight is 351 g/mol. The fourth-order valence-electron chi connectivity index (χ4n) is 3.06. The van der Waals surface area contributed by atoms with Crippen molar-refractivity contribution in [1.82, 2.24) is 0 Å². The van der Waals surface area contributed by atoms with Gasteiger partial charge in [-0.15, -0.1) is 0 Å². The Kier molecular flexibility index (Phi) is 4.92. The molecule has 2 N–H and O–H groups in total. The zero-order valence-electron chi connectivity index (χ0n) is 14.7. The lowest BCUT2D eigenvalue weighted by Gasteiger charge is -2.15. The van der Waals surface area contributed by atoms with E-state index in [0.717, 1.165) is 0 Å². The minimum atomic E-state index is -1.02. The van der Waals surface area contributed by atoms with Gasteiger partial charge in [-0.3, -0.25) is 9.59 Å². The maximum Gasteiger partial charge on any atom is 0.340 e. The number of hydrogen-bond acceptors (Lipinski definition) is 6. The monoisotopic (exact) mass is 351 g/mol. The van der Waals surface area contributed by atoms with E-state index < -0.39 is 35.1 Å². The van der Waals surface area contributed by atoms with E-state index in [9.17, 15) is 19.5 Å². The number of anilines is 1. The molecule has 0 heterocycles. The zero-order chi connectivity index (χ0) is 18.9. The van der Waals surface area contributed by atoms with Crippen LogP contribution in [0.15, 0.2) is 12.1 Å². The van der Waals surface area contributed by atoms with Crippen LogP contribution in [0.4, 0.5) is 5.69 Å². The van der Waals surface area contributed by atoms with Crippen LogP contribution in [0.25, 0.3) is 0 Å². The van der Waals surface area contributed by atoms with Crippen molar-refractivity contribution in [3.63, 3.8) is 0 Å². The van der Waals surface area contributed by atoms with Crippen LogP contribution < -0.4 is 14.8 Å². The fourth-order valence-corrected chi connectivity index (χ4v) is 3.06. The van der Waals surface area contributed by atoms with Gasteiger partial charge in [0.05, 0.1) is 44.4 Å². The Labute approximate surface area is 145 Å². The van der Waals surface area contributed by atoms with Gasteiger partial charge in [0, 0.05) is 12.1 Å². The van der Waals surface area contributed by atoms with Crippen LogP contribution in [-0.4, -0.2) is 44.3 Å². The van der Waals surface area contributed by atoms with Gasteiger partial charge >= 0.3 is 11.9 Å². The van der Waals surface area contributed by atoms with Crippen molar-refractivity contribution >= 4 is 23.5 Å². The highest BCUT2D eigenvalue weighted by molar-refractivity contribution is 6.05. The Morgan fingerprint density at radius 2 is 1.60 bits per heavy atom. The number of esters is 1. The summed E-state index contributed by atoms with van der Waals surface area (Å²) in [5.41, 5.74) is -0.405. The van der Waals surface area contributed by atoms with Gasteiger partial charge in [0.15, 0.2) is 11.5 Å². The smallest absolute Gasteiger partial charge is 0.340 e. The number of benzene rings is 1. The van der Waals surface area contributed by atoms with Gasteiger partial charge in [0.2, 0.25) is 5.91 Å². The first-order valence-electron chi connectivity index (χ1n) is 7.57. The maximum atomic E-state index is 12.5. The number of carboxylic acid groups (broad SMARTS) is 1. The largest absolute Gasteiger partial charge is 0.493 e. The van der Waals surface area contributed by atoms with Crippen LogP contribution in [0.1, 0.15) is 24.2 Å². The number of hydrogen-bond donors (Lipinski definition) is 2. The molecule has 1 aliphatic rings. The standard InChI is InChI=1S/C17H21NO7/c1-17(2)12(13(17)15(20)21)14(19)18-9-7-11(24-4)10(23-3)6-8(9)16(22)25-5/h6-7,12-13H,1-5H3,(H,18,19)(H,20,21)/t12-,13+/m0/s1. The number of amides is 1. The Bertz CT molecular complexity index is 726. The zero-order valence-corrected chi connectivity index (χ0v) is 14.7. The van der Waals surface area contributed by atoms with Crippen LogP contribution >= 0.6 is 0 Å². The summed E-state index contributed by atoms with van der Waals surface area (Å²) in [4.78, 5) is 35.8. The summed E-state index contributed by atoms with van der Waals surface area (Å²) >= 11 is 0. The molecule has 2 atom stereocenters. The molecule has 25 heavy (non-hydrogen) atoms. The average Bonchev–Trinajstić information content (AvgIpc) is 3.16. The minimum Gasteiger partial charge on any atom is -0.493 e. The third kappa shape index (κ3) is 3.24. The third-order valence-electron chi connectivity index (χ3n) is 4.56. The van der Waals surface area contributed by atoms with E-state index in [1.807, 2.05) is 0 Å². The van der Waals surface area contributed by atoms with E-state index >= 15 is 0 Å². The van der Waals surface area contributed by atoms with Gasteiger partial charge in [-0.25, -0.2) is 4.79 Å². The summed E-state index contributed by atoms with van der Waals surface area (Å²) in [6.07, 6.45) is 0. The van der Waals surface area contributed by atoms with Crippen molar-refractivity contribution in [1.29, 1.82) is 0 Å². The molecule has 8 nitrogen and oxygen atoms in total. The van der Waals surface area contributed by atoms with Gasteiger partial charge in [0.1, 0.15) is 0 Å². The van der Waals surface area contributed by atoms with Crippen LogP contribution in [0, 0.1) is 17.3 Å². The molecular formula is C17H21NO7. The molecule has 1 aliphatic carbocycles. The Morgan fingerprint density at radius 1 is 1.04 bits per heavy atom. The SMILES string of the molecule is COC(=O)c1cc(OC)c(OC)cc1NC(=O)[C@@H]1[C@H](C(=O)O)C1(C)C. The summed E-state index contributed by atoms with van der Waals surface area (Å²) in [7, 11) is 4.06. The van der Waals surface area contributed by atoms with Gasteiger partial charge in [-0.05, 0) is 5.41 Å². The predicted molar refractivity (Wildman–Crippen MR) is 87.9 cm³/mol. The first-order valence-corrected chi connectivity index (χ1v) is 7.57. The van der Waals surface area contributed by atoms with Gasteiger partial charge in [-0.1, -0.05) is 13.8 Å². The molecule has 1 aromatic rings. The van der Waals surface area contributed by atoms with E-state index in [0.29, 0.717) is 11.5 Å². The minimum absolute atomic E-state index is 0.0823. The first-order chi connectivity index (χ1) is 11.7. The van der Waals surface area contributed by atoms with Gasteiger partial charge in [-0.2, -0.15) is 0 Å². The lowest BCUT2D eigenvalue weighted by Crippen LogP contribution is -2.20. The molecule has 8 heteroatoms. The summed E-state index contributed by atoms with van der Waals surface area (Å²) in [5, 5.41) is 11.8. The summed E-state index contributed by atoms with van der Waals surface area (Å²) < 4.78 is 15.1. The van der Waals surface area contributed by atoms with Crippen molar-refractivity contribution in [2.24, 2.45) is 17.3 Å². The van der Waals surface area contributed by atoms with Crippen LogP contribution in [0.3, 0.4) is 0 Å². The van der Waals surface area contributed by atoms with Crippen molar-refractivity contribution in [3.05, 3.63) is 17.7 Å². The first kappa shape index (κ1) is 18.6. The predicted octanol–water partition coefficient (Wildman–Crippen LogP) is 1.79. The summed E-state index contributed by atoms with van der Waals surface area (Å²) in [5.74, 6) is -3.01. The molecule has 1 amide bonds. The second-order valence-electron chi connectivity index (χ2n) is 6.35. The van der Waals surface area contributed by atoms with E-state index in [1.54, 1.807) is 13.8 Å². The Morgan fingerprint density at radius 3 is 2.04 bits per heavy atom. The number of ether oxygens (including phenoxy) is 3. The normalized spacial score (nSPS) is 20.4. The molecule has 0 saturated heterocycles. The molecule has 0 radical (unpaired) electrons. The number of methoxy groups -OCH3 is 3. The highest BCUT2D eigenvalue weighted by atomic mass is 16.5. The second kappa shape index (κ2) is 6.62. The summed E-state index contributed by atoms with van der Waals surface area (Å²) in [6, 6.07) is 2.83. The number of carboxylic acids is 1. The number of carbonyl (C=O) groups is 3. The number of aliphatic carboxylic acids is 1. The van der Waals surface area contributed by atoms with Crippen molar-refractivity contribution in [2.75, 3.05) is 26.6 Å². The van der Waals surface area contributed by atoms with Crippen LogP contribution in [0.5, 0.6) is 11.5 Å². The summed E-state index contributed by atoms with van der Waals surface area (Å²) in [6.45, 7) is 3.43. The fraction of sp³-hybridized carbons (Fsp3) is 0.471. The van der Waals surface area contributed by atoms with Gasteiger partial charge in [0.25, 0.3) is 0 Å². The number of rotatable bonds is 6. The second-order valence-corrected chi connectivity index (χ2v) is 6.35. The van der Waals surface area contributed by atoms with Crippen molar-refractivity contribution in [2.45, 2.75) is 13.8 Å². The molecule has 136 valence electrons. The Hall–Kier alpha value is -2.77. The quantitative estimate of drug-likeness (QED) is 0.752. The molecule has 1 saturated carbocycles. The lowest BCUT2D eigenvalue weighted by molar-refractivity contribution is -0.140. The molecule has 2 rings (SSSR count). The molecule has 0 unspecified atom stereocenters. The van der Waals surface area contributed by atoms with Gasteiger partial charge < -0.3 is 24.6 Å².